The molecule has 0 spiro atoms. The number of aliphatic carboxylic acids is 1. The largest absolute Gasteiger partial charge is 0.480 e. The molecule has 0 heterocycles. The molecule has 0 saturated carbocycles. The lowest BCUT2D eigenvalue weighted by Crippen LogP contribution is -2.29. The third kappa shape index (κ3) is 7.00. The number of hydrogen-bond donors (Lipinski definition) is 2. The summed E-state index contributed by atoms with van der Waals surface area (Å²) in [7, 11) is 0. The van der Waals surface area contributed by atoms with Crippen LogP contribution >= 0.6 is 23.2 Å². The fourth-order valence-corrected chi connectivity index (χ4v) is 2.51. The molecule has 0 bridgehead atoms. The van der Waals surface area contributed by atoms with Crippen LogP contribution in [-0.2, 0) is 4.79 Å². The number of rotatable bonds is 8. The van der Waals surface area contributed by atoms with E-state index in [-0.39, 0.29) is 0 Å². The second-order valence-electron chi connectivity index (χ2n) is 5.83. The first-order valence-corrected chi connectivity index (χ1v) is 8.94. The molecule has 0 unspecified atom stereocenters. The maximum atomic E-state index is 10.8. The van der Waals surface area contributed by atoms with E-state index in [1.165, 1.54) is 0 Å². The van der Waals surface area contributed by atoms with Gasteiger partial charge in [-0.3, -0.25) is 9.79 Å². The Morgan fingerprint density at radius 3 is 2.12 bits per heavy atom. The smallest absolute Gasteiger partial charge is 0.320 e. The van der Waals surface area contributed by atoms with E-state index in [9.17, 15) is 4.79 Å². The monoisotopic (exact) mass is 390 g/mol. The lowest BCUT2D eigenvalue weighted by molar-refractivity contribution is -0.138. The maximum Gasteiger partial charge on any atom is 0.320 e. The SMILES string of the molecule is N[C@@H](CCCC(=Cc1ccc(Cl)cc1)N=Cc1ccc(Cl)cc1)C(=O)O. The van der Waals surface area contributed by atoms with E-state index in [1.54, 1.807) is 18.3 Å². The number of carboxylic acid groups (broad SMARTS) is 1. The van der Waals surface area contributed by atoms with Gasteiger partial charge in [0.05, 0.1) is 0 Å². The Morgan fingerprint density at radius 2 is 1.58 bits per heavy atom. The zero-order valence-electron chi connectivity index (χ0n) is 14.1. The number of carboxylic acids is 1. The van der Waals surface area contributed by atoms with Crippen LogP contribution in [0.2, 0.25) is 10.0 Å². The molecular formula is C20H20Cl2N2O2. The molecule has 2 aromatic carbocycles. The summed E-state index contributed by atoms with van der Waals surface area (Å²) in [6.07, 6.45) is 5.35. The minimum absolute atomic E-state index is 0.393. The Bertz CT molecular complexity index is 784. The van der Waals surface area contributed by atoms with Gasteiger partial charge >= 0.3 is 5.97 Å². The standard InChI is InChI=1S/C20H20Cl2N2O2/c21-16-8-4-14(5-9-16)12-18(2-1-3-19(23)20(25)26)24-13-15-6-10-17(22)11-7-15/h4-13,19H,1-3,23H2,(H,25,26)/t19-/m0/s1. The third-order valence-electron chi connectivity index (χ3n) is 3.72. The van der Waals surface area contributed by atoms with Gasteiger partial charge in [0, 0.05) is 22.0 Å². The molecule has 1 atom stereocenters. The number of nitrogens with zero attached hydrogens (tertiary/aromatic N) is 1. The van der Waals surface area contributed by atoms with Crippen LogP contribution in [0, 0.1) is 0 Å². The van der Waals surface area contributed by atoms with Gasteiger partial charge in [-0.05, 0) is 60.7 Å². The van der Waals surface area contributed by atoms with Gasteiger partial charge in [-0.25, -0.2) is 0 Å². The molecule has 6 heteroatoms. The summed E-state index contributed by atoms with van der Waals surface area (Å²) >= 11 is 11.8. The van der Waals surface area contributed by atoms with E-state index < -0.39 is 12.0 Å². The van der Waals surface area contributed by atoms with Crippen LogP contribution in [0.3, 0.4) is 0 Å². The molecule has 2 aromatic rings. The second-order valence-corrected chi connectivity index (χ2v) is 6.71. The zero-order valence-corrected chi connectivity index (χ0v) is 15.6. The van der Waals surface area contributed by atoms with Gasteiger partial charge in [-0.2, -0.15) is 0 Å². The summed E-state index contributed by atoms with van der Waals surface area (Å²) in [6, 6.07) is 14.0. The number of benzene rings is 2. The highest BCUT2D eigenvalue weighted by molar-refractivity contribution is 6.30. The molecule has 0 aliphatic rings. The normalized spacial score (nSPS) is 13.1. The van der Waals surface area contributed by atoms with Gasteiger partial charge in [0.25, 0.3) is 0 Å². The summed E-state index contributed by atoms with van der Waals surface area (Å²) in [5.74, 6) is -0.988. The molecule has 4 nitrogen and oxygen atoms in total. The molecule has 0 aliphatic carbocycles. The predicted octanol–water partition coefficient (Wildman–Crippen LogP) is 5.04. The molecule has 136 valence electrons. The summed E-state index contributed by atoms with van der Waals surface area (Å²) in [4.78, 5) is 15.4. The average molecular weight is 391 g/mol. The molecule has 0 amide bonds. The molecule has 0 radical (unpaired) electrons. The molecule has 0 aliphatic heterocycles. The van der Waals surface area contributed by atoms with Gasteiger partial charge in [0.1, 0.15) is 6.04 Å². The highest BCUT2D eigenvalue weighted by Gasteiger charge is 2.10. The predicted molar refractivity (Wildman–Crippen MR) is 108 cm³/mol. The average Bonchev–Trinajstić information content (AvgIpc) is 2.62. The van der Waals surface area contributed by atoms with Crippen molar-refractivity contribution in [2.45, 2.75) is 25.3 Å². The van der Waals surface area contributed by atoms with Gasteiger partial charge in [-0.15, -0.1) is 0 Å². The minimum Gasteiger partial charge on any atom is -0.480 e. The van der Waals surface area contributed by atoms with Crippen molar-refractivity contribution in [3.8, 4) is 0 Å². The first kappa shape index (κ1) is 20.2. The van der Waals surface area contributed by atoms with Crippen LogP contribution in [0.4, 0.5) is 0 Å². The van der Waals surface area contributed by atoms with Crippen LogP contribution in [0.1, 0.15) is 30.4 Å². The molecule has 2 rings (SSSR count). The number of halogens is 2. The Balaban J connectivity index is 2.13. The number of aliphatic imine (C=N–C) groups is 1. The maximum absolute atomic E-state index is 10.8. The van der Waals surface area contributed by atoms with Crippen molar-refractivity contribution in [1.82, 2.24) is 0 Å². The zero-order chi connectivity index (χ0) is 18.9. The summed E-state index contributed by atoms with van der Waals surface area (Å²) in [5.41, 5.74) is 8.30. The lowest BCUT2D eigenvalue weighted by atomic mass is 10.1. The first-order chi connectivity index (χ1) is 12.4. The van der Waals surface area contributed by atoms with Crippen molar-refractivity contribution < 1.29 is 9.90 Å². The first-order valence-electron chi connectivity index (χ1n) is 8.18. The van der Waals surface area contributed by atoms with E-state index in [1.807, 2.05) is 42.5 Å². The Labute approximate surface area is 163 Å². The van der Waals surface area contributed by atoms with Gasteiger partial charge in [0.15, 0.2) is 0 Å². The van der Waals surface area contributed by atoms with Gasteiger partial charge in [0.2, 0.25) is 0 Å². The van der Waals surface area contributed by atoms with Crippen LogP contribution in [-0.4, -0.2) is 23.3 Å². The number of carbonyl (C=O) groups is 1. The van der Waals surface area contributed by atoms with Crippen molar-refractivity contribution in [2.75, 3.05) is 0 Å². The van der Waals surface area contributed by atoms with E-state index in [4.69, 9.17) is 34.0 Å². The summed E-state index contributed by atoms with van der Waals surface area (Å²) < 4.78 is 0. The van der Waals surface area contributed by atoms with Crippen LogP contribution in [0.25, 0.3) is 6.08 Å². The fourth-order valence-electron chi connectivity index (χ4n) is 2.26. The number of nitrogens with two attached hydrogens (primary N) is 1. The molecule has 0 fully saturated rings. The Morgan fingerprint density at radius 1 is 1.04 bits per heavy atom. The molecule has 26 heavy (non-hydrogen) atoms. The number of allylic oxidation sites excluding steroid dienone is 1. The van der Waals surface area contributed by atoms with E-state index in [0.29, 0.717) is 29.3 Å². The minimum atomic E-state index is -0.988. The quantitative estimate of drug-likeness (QED) is 0.620. The summed E-state index contributed by atoms with van der Waals surface area (Å²) in [6.45, 7) is 0. The van der Waals surface area contributed by atoms with Crippen molar-refractivity contribution >= 4 is 41.5 Å². The van der Waals surface area contributed by atoms with Crippen molar-refractivity contribution in [1.29, 1.82) is 0 Å². The summed E-state index contributed by atoms with van der Waals surface area (Å²) in [5, 5.41) is 10.2. The van der Waals surface area contributed by atoms with Crippen LogP contribution in [0.5, 0.6) is 0 Å². The van der Waals surface area contributed by atoms with Gasteiger partial charge in [-0.1, -0.05) is 47.5 Å². The molecule has 0 aromatic heterocycles. The Hall–Kier alpha value is -2.14. The third-order valence-corrected chi connectivity index (χ3v) is 4.22. The number of hydrogen-bond acceptors (Lipinski definition) is 3. The molecular weight excluding hydrogens is 371 g/mol. The van der Waals surface area contributed by atoms with E-state index in [2.05, 4.69) is 4.99 Å². The van der Waals surface area contributed by atoms with Crippen molar-refractivity contribution in [3.05, 3.63) is 75.4 Å². The van der Waals surface area contributed by atoms with E-state index in [0.717, 1.165) is 16.8 Å². The van der Waals surface area contributed by atoms with Crippen LogP contribution in [0.15, 0.2) is 59.2 Å². The van der Waals surface area contributed by atoms with Crippen molar-refractivity contribution in [2.24, 2.45) is 10.7 Å². The second kappa shape index (κ2) is 10.1. The molecule has 0 saturated heterocycles. The van der Waals surface area contributed by atoms with E-state index >= 15 is 0 Å². The highest BCUT2D eigenvalue weighted by atomic mass is 35.5. The van der Waals surface area contributed by atoms with Crippen LogP contribution < -0.4 is 5.73 Å². The van der Waals surface area contributed by atoms with Crippen molar-refractivity contribution in [3.63, 3.8) is 0 Å². The molecule has 3 N–H and O–H groups in total. The lowest BCUT2D eigenvalue weighted by Gasteiger charge is -2.07. The topological polar surface area (TPSA) is 75.7 Å². The highest BCUT2D eigenvalue weighted by Crippen LogP contribution is 2.17. The Kier molecular flexibility index (Phi) is 7.85. The fraction of sp³-hybridized carbons (Fsp3) is 0.200. The van der Waals surface area contributed by atoms with Gasteiger partial charge < -0.3 is 10.8 Å².